The Labute approximate surface area is 109 Å². The molecule has 0 aliphatic carbocycles. The molecule has 3 rings (SSSR count). The van der Waals surface area contributed by atoms with E-state index in [1.165, 1.54) is 0 Å². The Bertz CT molecular complexity index is 680. The average molecular weight is 253 g/mol. The summed E-state index contributed by atoms with van der Waals surface area (Å²) in [6, 6.07) is 17.0. The number of nitrogens with two attached hydrogens (primary N) is 1. The van der Waals surface area contributed by atoms with Gasteiger partial charge in [0.2, 0.25) is 5.82 Å². The second kappa shape index (κ2) is 4.77. The van der Waals surface area contributed by atoms with Gasteiger partial charge in [0.1, 0.15) is 11.5 Å². The van der Waals surface area contributed by atoms with Crippen LogP contribution in [0, 0.1) is 0 Å². The highest BCUT2D eigenvalue weighted by molar-refractivity contribution is 5.56. The molecule has 6 nitrogen and oxygen atoms in total. The van der Waals surface area contributed by atoms with E-state index in [1.54, 1.807) is 0 Å². The van der Waals surface area contributed by atoms with Crippen molar-refractivity contribution >= 4 is 0 Å². The third-order valence-electron chi connectivity index (χ3n) is 2.50. The molecule has 1 heterocycles. The molecule has 0 unspecified atom stereocenters. The minimum Gasteiger partial charge on any atom is -0.457 e. The van der Waals surface area contributed by atoms with E-state index in [2.05, 4.69) is 15.4 Å². The van der Waals surface area contributed by atoms with Gasteiger partial charge in [0.15, 0.2) is 0 Å². The molecule has 6 heteroatoms. The van der Waals surface area contributed by atoms with E-state index >= 15 is 0 Å². The molecule has 3 aromatic rings. The summed E-state index contributed by atoms with van der Waals surface area (Å²) >= 11 is 0. The number of hydrogen-bond donors (Lipinski definition) is 1. The van der Waals surface area contributed by atoms with Crippen LogP contribution in [0.5, 0.6) is 11.5 Å². The largest absolute Gasteiger partial charge is 0.457 e. The summed E-state index contributed by atoms with van der Waals surface area (Å²) in [6.45, 7) is 0. The lowest BCUT2D eigenvalue weighted by atomic mass is 10.2. The fourth-order valence-electron chi connectivity index (χ4n) is 1.66. The predicted molar refractivity (Wildman–Crippen MR) is 69.9 cm³/mol. The molecular weight excluding hydrogens is 242 g/mol. The number of ether oxygens (including phenoxy) is 1. The Morgan fingerprint density at radius 3 is 2.47 bits per heavy atom. The van der Waals surface area contributed by atoms with Crippen LogP contribution in [0.3, 0.4) is 0 Å². The second-order valence-corrected chi connectivity index (χ2v) is 3.88. The minimum absolute atomic E-state index is 0.459. The number of para-hydroxylation sites is 1. The van der Waals surface area contributed by atoms with Crippen LogP contribution >= 0.6 is 0 Å². The van der Waals surface area contributed by atoms with Crippen LogP contribution in [-0.4, -0.2) is 20.3 Å². The fraction of sp³-hybridized carbons (Fsp3) is 0. The van der Waals surface area contributed by atoms with E-state index in [-0.39, 0.29) is 0 Å². The van der Waals surface area contributed by atoms with Crippen LogP contribution in [0.25, 0.3) is 11.4 Å². The van der Waals surface area contributed by atoms with Gasteiger partial charge in [-0.1, -0.05) is 35.2 Å². The SMILES string of the molecule is Nn1nnc(-c2cccc(Oc3ccccc3)c2)n1. The summed E-state index contributed by atoms with van der Waals surface area (Å²) in [4.78, 5) is 0.931. The maximum atomic E-state index is 5.73. The Kier molecular flexibility index (Phi) is 2.82. The maximum absolute atomic E-state index is 5.73. The van der Waals surface area contributed by atoms with Gasteiger partial charge in [-0.15, -0.1) is 10.2 Å². The third-order valence-corrected chi connectivity index (χ3v) is 2.50. The molecule has 0 fully saturated rings. The van der Waals surface area contributed by atoms with Gasteiger partial charge in [-0.2, -0.15) is 0 Å². The van der Waals surface area contributed by atoms with E-state index in [0.29, 0.717) is 11.6 Å². The van der Waals surface area contributed by atoms with Crippen LogP contribution in [0.4, 0.5) is 0 Å². The first-order chi connectivity index (χ1) is 9.31. The standard InChI is InChI=1S/C13H11N5O/c14-18-16-13(15-17-18)10-5-4-8-12(9-10)19-11-6-2-1-3-7-11/h1-9H,14H2. The summed E-state index contributed by atoms with van der Waals surface area (Å²) in [7, 11) is 0. The molecule has 94 valence electrons. The van der Waals surface area contributed by atoms with E-state index in [4.69, 9.17) is 10.6 Å². The average Bonchev–Trinajstić information content (AvgIpc) is 2.87. The molecule has 0 atom stereocenters. The van der Waals surface area contributed by atoms with Gasteiger partial charge in [-0.25, -0.2) is 0 Å². The number of tetrazole rings is 1. The minimum atomic E-state index is 0.459. The van der Waals surface area contributed by atoms with Crippen molar-refractivity contribution in [1.82, 2.24) is 20.3 Å². The molecule has 1 aromatic heterocycles. The van der Waals surface area contributed by atoms with Gasteiger partial charge >= 0.3 is 0 Å². The quantitative estimate of drug-likeness (QED) is 0.720. The highest BCUT2D eigenvalue weighted by Gasteiger charge is 2.06. The smallest absolute Gasteiger partial charge is 0.207 e. The number of nitrogen functional groups attached to an aromatic ring is 1. The molecule has 2 N–H and O–H groups in total. The molecule has 0 amide bonds. The van der Waals surface area contributed by atoms with Gasteiger partial charge < -0.3 is 10.6 Å². The van der Waals surface area contributed by atoms with E-state index in [9.17, 15) is 0 Å². The summed E-state index contributed by atoms with van der Waals surface area (Å²) < 4.78 is 5.73. The summed E-state index contributed by atoms with van der Waals surface area (Å²) in [5.74, 6) is 7.32. The highest BCUT2D eigenvalue weighted by Crippen LogP contribution is 2.24. The summed E-state index contributed by atoms with van der Waals surface area (Å²) in [5.41, 5.74) is 0.796. The predicted octanol–water partition coefficient (Wildman–Crippen LogP) is 1.85. The molecular formula is C13H11N5O. The summed E-state index contributed by atoms with van der Waals surface area (Å²) in [6.07, 6.45) is 0. The van der Waals surface area contributed by atoms with Crippen molar-refractivity contribution in [3.63, 3.8) is 0 Å². The summed E-state index contributed by atoms with van der Waals surface area (Å²) in [5, 5.41) is 11.4. The highest BCUT2D eigenvalue weighted by atomic mass is 16.5. The molecule has 0 radical (unpaired) electrons. The lowest BCUT2D eigenvalue weighted by Gasteiger charge is -2.05. The first-order valence-corrected chi connectivity index (χ1v) is 5.70. The molecule has 0 saturated heterocycles. The Balaban J connectivity index is 1.88. The molecule has 2 aromatic carbocycles. The van der Waals surface area contributed by atoms with Crippen LogP contribution < -0.4 is 10.6 Å². The number of aromatic nitrogens is 4. The fourth-order valence-corrected chi connectivity index (χ4v) is 1.66. The lowest BCUT2D eigenvalue weighted by molar-refractivity contribution is 0.483. The topological polar surface area (TPSA) is 78.9 Å². The zero-order valence-electron chi connectivity index (χ0n) is 9.97. The Morgan fingerprint density at radius 2 is 1.74 bits per heavy atom. The van der Waals surface area contributed by atoms with E-state index < -0.39 is 0 Å². The van der Waals surface area contributed by atoms with Gasteiger partial charge in [0, 0.05) is 5.56 Å². The van der Waals surface area contributed by atoms with Crippen LogP contribution in [0.1, 0.15) is 0 Å². The van der Waals surface area contributed by atoms with Crippen LogP contribution in [-0.2, 0) is 0 Å². The third kappa shape index (κ3) is 2.52. The van der Waals surface area contributed by atoms with Crippen molar-refractivity contribution in [3.8, 4) is 22.9 Å². The van der Waals surface area contributed by atoms with Crippen molar-refractivity contribution in [2.75, 3.05) is 5.84 Å². The molecule has 0 aliphatic rings. The van der Waals surface area contributed by atoms with Gasteiger partial charge in [0.25, 0.3) is 0 Å². The molecule has 0 spiro atoms. The monoisotopic (exact) mass is 253 g/mol. The van der Waals surface area contributed by atoms with Gasteiger partial charge in [0.05, 0.1) is 0 Å². The Hall–Kier alpha value is -2.89. The molecule has 19 heavy (non-hydrogen) atoms. The van der Waals surface area contributed by atoms with Crippen molar-refractivity contribution in [3.05, 3.63) is 54.6 Å². The zero-order chi connectivity index (χ0) is 13.1. The van der Waals surface area contributed by atoms with Crippen LogP contribution in [0.15, 0.2) is 54.6 Å². The first-order valence-electron chi connectivity index (χ1n) is 5.70. The van der Waals surface area contributed by atoms with Crippen molar-refractivity contribution in [1.29, 1.82) is 0 Å². The number of nitrogens with zero attached hydrogens (tertiary/aromatic N) is 4. The Morgan fingerprint density at radius 1 is 0.947 bits per heavy atom. The number of hydrogen-bond acceptors (Lipinski definition) is 5. The molecule has 0 saturated carbocycles. The normalized spacial score (nSPS) is 10.3. The van der Waals surface area contributed by atoms with Gasteiger partial charge in [-0.3, -0.25) is 0 Å². The van der Waals surface area contributed by atoms with Crippen LogP contribution in [0.2, 0.25) is 0 Å². The number of benzene rings is 2. The first kappa shape index (κ1) is 11.2. The zero-order valence-corrected chi connectivity index (χ0v) is 9.97. The molecule has 0 aliphatic heterocycles. The lowest BCUT2D eigenvalue weighted by Crippen LogP contribution is -2.11. The van der Waals surface area contributed by atoms with Crippen molar-refractivity contribution in [2.45, 2.75) is 0 Å². The van der Waals surface area contributed by atoms with E-state index in [0.717, 1.165) is 16.2 Å². The van der Waals surface area contributed by atoms with E-state index in [1.807, 2.05) is 54.6 Å². The second-order valence-electron chi connectivity index (χ2n) is 3.88. The maximum Gasteiger partial charge on any atom is 0.207 e. The van der Waals surface area contributed by atoms with Crippen molar-refractivity contribution in [2.24, 2.45) is 0 Å². The van der Waals surface area contributed by atoms with Crippen molar-refractivity contribution < 1.29 is 4.74 Å². The van der Waals surface area contributed by atoms with Gasteiger partial charge in [-0.05, 0) is 29.5 Å². The number of rotatable bonds is 3. The molecule has 0 bridgehead atoms.